The summed E-state index contributed by atoms with van der Waals surface area (Å²) >= 11 is 6.05. The molecule has 1 aliphatic rings. The van der Waals surface area contributed by atoms with Crippen LogP contribution in [0.25, 0.3) is 5.65 Å². The molecule has 90 valence electrons. The second-order valence-electron chi connectivity index (χ2n) is 4.51. The summed E-state index contributed by atoms with van der Waals surface area (Å²) in [6.45, 7) is 0.725. The molecule has 1 N–H and O–H groups in total. The van der Waals surface area contributed by atoms with Crippen LogP contribution in [0.1, 0.15) is 31.5 Å². The lowest BCUT2D eigenvalue weighted by molar-refractivity contribution is 0.513. The van der Waals surface area contributed by atoms with Gasteiger partial charge in [-0.25, -0.2) is 9.50 Å². The van der Waals surface area contributed by atoms with E-state index in [4.69, 9.17) is 11.6 Å². The molecular weight excluding hydrogens is 236 g/mol. The third kappa shape index (κ3) is 2.28. The van der Waals surface area contributed by atoms with E-state index in [1.165, 1.54) is 25.7 Å². The molecule has 0 bridgehead atoms. The minimum Gasteiger partial charge on any atom is -0.307 e. The van der Waals surface area contributed by atoms with E-state index >= 15 is 0 Å². The summed E-state index contributed by atoms with van der Waals surface area (Å²) in [5, 5.41) is 8.54. The SMILES string of the molecule is Clc1cccn2nc(CNC3CCCC3)nc12. The number of pyridine rings is 1. The standard InChI is InChI=1S/C12H15ClN4/c13-10-6-3-7-17-12(10)15-11(16-17)8-14-9-4-1-2-5-9/h3,6-7,9,14H,1-2,4-5,8H2. The van der Waals surface area contributed by atoms with Crippen LogP contribution in [0.5, 0.6) is 0 Å². The van der Waals surface area contributed by atoms with Crippen LogP contribution in [0.3, 0.4) is 0 Å². The van der Waals surface area contributed by atoms with E-state index in [-0.39, 0.29) is 0 Å². The second-order valence-corrected chi connectivity index (χ2v) is 4.92. The molecule has 0 aromatic carbocycles. The molecule has 4 nitrogen and oxygen atoms in total. The van der Waals surface area contributed by atoms with Crippen LogP contribution in [0, 0.1) is 0 Å². The Bertz CT molecular complexity index is 516. The van der Waals surface area contributed by atoms with E-state index in [0.29, 0.717) is 11.1 Å². The van der Waals surface area contributed by atoms with Crippen molar-refractivity contribution >= 4 is 17.2 Å². The van der Waals surface area contributed by atoms with Crippen molar-refractivity contribution in [3.63, 3.8) is 0 Å². The van der Waals surface area contributed by atoms with Crippen LogP contribution in [0.2, 0.25) is 5.02 Å². The van der Waals surface area contributed by atoms with Crippen LogP contribution in [-0.2, 0) is 6.54 Å². The van der Waals surface area contributed by atoms with Crippen molar-refractivity contribution in [2.75, 3.05) is 0 Å². The summed E-state index contributed by atoms with van der Waals surface area (Å²) in [5.41, 5.74) is 0.734. The van der Waals surface area contributed by atoms with Gasteiger partial charge in [-0.05, 0) is 25.0 Å². The normalized spacial score (nSPS) is 17.0. The lowest BCUT2D eigenvalue weighted by Gasteiger charge is -2.08. The molecule has 1 saturated carbocycles. The topological polar surface area (TPSA) is 42.2 Å². The van der Waals surface area contributed by atoms with E-state index in [1.807, 2.05) is 18.3 Å². The van der Waals surface area contributed by atoms with Gasteiger partial charge in [-0.1, -0.05) is 24.4 Å². The number of aromatic nitrogens is 3. The minimum atomic E-state index is 0.636. The molecule has 1 aliphatic carbocycles. The summed E-state index contributed by atoms with van der Waals surface area (Å²) in [7, 11) is 0. The molecule has 17 heavy (non-hydrogen) atoms. The highest BCUT2D eigenvalue weighted by molar-refractivity contribution is 6.33. The van der Waals surface area contributed by atoms with Crippen LogP contribution >= 0.6 is 11.6 Å². The molecule has 5 heteroatoms. The molecule has 2 aromatic rings. The molecule has 0 saturated heterocycles. The highest BCUT2D eigenvalue weighted by Gasteiger charge is 2.15. The molecule has 0 amide bonds. The zero-order chi connectivity index (χ0) is 11.7. The zero-order valence-electron chi connectivity index (χ0n) is 9.56. The fourth-order valence-corrected chi connectivity index (χ4v) is 2.56. The third-order valence-electron chi connectivity index (χ3n) is 3.26. The zero-order valence-corrected chi connectivity index (χ0v) is 10.3. The minimum absolute atomic E-state index is 0.636. The Morgan fingerprint density at radius 1 is 1.41 bits per heavy atom. The van der Waals surface area contributed by atoms with Gasteiger partial charge in [0.05, 0.1) is 11.6 Å². The number of nitrogens with one attached hydrogen (secondary N) is 1. The summed E-state index contributed by atoms with van der Waals surface area (Å²) < 4.78 is 1.73. The summed E-state index contributed by atoms with van der Waals surface area (Å²) in [6, 6.07) is 4.34. The van der Waals surface area contributed by atoms with E-state index in [0.717, 1.165) is 18.0 Å². The predicted octanol–water partition coefficient (Wildman–Crippen LogP) is 2.41. The molecule has 2 heterocycles. The summed E-state index contributed by atoms with van der Waals surface area (Å²) in [5.74, 6) is 0.810. The lowest BCUT2D eigenvalue weighted by atomic mass is 10.2. The first-order valence-corrected chi connectivity index (χ1v) is 6.44. The molecule has 0 atom stereocenters. The maximum atomic E-state index is 6.05. The van der Waals surface area contributed by atoms with E-state index in [9.17, 15) is 0 Å². The molecule has 2 aromatic heterocycles. The molecule has 0 aliphatic heterocycles. The van der Waals surface area contributed by atoms with Crippen LogP contribution in [0.15, 0.2) is 18.3 Å². The van der Waals surface area contributed by atoms with Crippen molar-refractivity contribution in [2.45, 2.75) is 38.3 Å². The summed E-state index contributed by atoms with van der Waals surface area (Å²) in [4.78, 5) is 4.43. The molecule has 1 fully saturated rings. The first-order valence-electron chi connectivity index (χ1n) is 6.06. The van der Waals surface area contributed by atoms with Crippen molar-refractivity contribution in [1.29, 1.82) is 0 Å². The Hall–Kier alpha value is -1.13. The number of hydrogen-bond acceptors (Lipinski definition) is 3. The van der Waals surface area contributed by atoms with Gasteiger partial charge in [-0.3, -0.25) is 0 Å². The van der Waals surface area contributed by atoms with Gasteiger partial charge in [0.15, 0.2) is 11.5 Å². The number of hydrogen-bond donors (Lipinski definition) is 1. The highest BCUT2D eigenvalue weighted by Crippen LogP contribution is 2.18. The number of nitrogens with zero attached hydrogens (tertiary/aromatic N) is 3. The van der Waals surface area contributed by atoms with Crippen molar-refractivity contribution in [3.8, 4) is 0 Å². The van der Waals surface area contributed by atoms with E-state index in [2.05, 4.69) is 15.4 Å². The van der Waals surface area contributed by atoms with E-state index in [1.54, 1.807) is 4.52 Å². The van der Waals surface area contributed by atoms with Crippen molar-refractivity contribution in [3.05, 3.63) is 29.2 Å². The average molecular weight is 251 g/mol. The quantitative estimate of drug-likeness (QED) is 0.910. The monoisotopic (exact) mass is 250 g/mol. The average Bonchev–Trinajstić information content (AvgIpc) is 2.95. The van der Waals surface area contributed by atoms with Gasteiger partial charge in [-0.2, -0.15) is 0 Å². The smallest absolute Gasteiger partial charge is 0.174 e. The molecular formula is C12H15ClN4. The van der Waals surface area contributed by atoms with Crippen molar-refractivity contribution in [2.24, 2.45) is 0 Å². The Kier molecular flexibility index (Phi) is 2.99. The van der Waals surface area contributed by atoms with Crippen LogP contribution in [-0.4, -0.2) is 20.6 Å². The Morgan fingerprint density at radius 3 is 3.00 bits per heavy atom. The molecule has 0 unspecified atom stereocenters. The molecule has 0 spiro atoms. The maximum Gasteiger partial charge on any atom is 0.174 e. The number of halogens is 1. The molecule has 0 radical (unpaired) electrons. The third-order valence-corrected chi connectivity index (χ3v) is 3.56. The van der Waals surface area contributed by atoms with Gasteiger partial charge in [-0.15, -0.1) is 5.10 Å². The fraction of sp³-hybridized carbons (Fsp3) is 0.500. The van der Waals surface area contributed by atoms with Gasteiger partial charge in [0.2, 0.25) is 0 Å². The predicted molar refractivity (Wildman–Crippen MR) is 67.1 cm³/mol. The van der Waals surface area contributed by atoms with Gasteiger partial charge >= 0.3 is 0 Å². The van der Waals surface area contributed by atoms with Gasteiger partial charge in [0, 0.05) is 12.2 Å². The van der Waals surface area contributed by atoms with Crippen molar-refractivity contribution < 1.29 is 0 Å². The van der Waals surface area contributed by atoms with Gasteiger partial charge < -0.3 is 5.32 Å². The van der Waals surface area contributed by atoms with Gasteiger partial charge in [0.25, 0.3) is 0 Å². The first kappa shape index (κ1) is 11.0. The lowest BCUT2D eigenvalue weighted by Crippen LogP contribution is -2.25. The van der Waals surface area contributed by atoms with Crippen molar-refractivity contribution in [1.82, 2.24) is 19.9 Å². The van der Waals surface area contributed by atoms with Crippen LogP contribution < -0.4 is 5.32 Å². The summed E-state index contributed by atoms with van der Waals surface area (Å²) in [6.07, 6.45) is 7.08. The first-order chi connectivity index (χ1) is 8.33. The Balaban J connectivity index is 1.74. The number of fused-ring (bicyclic) bond motifs is 1. The number of rotatable bonds is 3. The largest absolute Gasteiger partial charge is 0.307 e. The Labute approximate surface area is 105 Å². The highest BCUT2D eigenvalue weighted by atomic mass is 35.5. The Morgan fingerprint density at radius 2 is 2.24 bits per heavy atom. The fourth-order valence-electron chi connectivity index (χ4n) is 2.36. The van der Waals surface area contributed by atoms with E-state index < -0.39 is 0 Å². The maximum absolute atomic E-state index is 6.05. The van der Waals surface area contributed by atoms with Gasteiger partial charge in [0.1, 0.15) is 0 Å². The van der Waals surface area contributed by atoms with Crippen LogP contribution in [0.4, 0.5) is 0 Å². The molecule has 3 rings (SSSR count). The second kappa shape index (κ2) is 4.63.